The number of hydrogen-bond donors (Lipinski definition) is 1. The van der Waals surface area contributed by atoms with Gasteiger partial charge in [0.25, 0.3) is 5.91 Å². The topological polar surface area (TPSA) is 92.8 Å². The van der Waals surface area contributed by atoms with Crippen LogP contribution in [-0.2, 0) is 26.1 Å². The lowest BCUT2D eigenvalue weighted by molar-refractivity contribution is -0.124. The fraction of sp³-hybridized carbons (Fsp3) is 0.333. The molecule has 1 heterocycles. The molecule has 0 bridgehead atoms. The quantitative estimate of drug-likeness (QED) is 0.605. The van der Waals surface area contributed by atoms with Crippen LogP contribution in [0.15, 0.2) is 47.4 Å². The molecule has 166 valence electrons. The molecule has 2 aromatic carbocycles. The molecule has 0 atom stereocenters. The van der Waals surface area contributed by atoms with Crippen LogP contribution < -0.4 is 5.32 Å². The van der Waals surface area contributed by atoms with Crippen molar-refractivity contribution in [2.45, 2.75) is 30.7 Å². The summed E-state index contributed by atoms with van der Waals surface area (Å²) in [5, 5.41) is 3.21. The summed E-state index contributed by atoms with van der Waals surface area (Å²) < 4.78 is 32.1. The van der Waals surface area contributed by atoms with Gasteiger partial charge >= 0.3 is 5.97 Å². The predicted octanol–water partition coefficient (Wildman–Crippen LogP) is 3.64. The van der Waals surface area contributed by atoms with E-state index in [0.717, 1.165) is 24.8 Å². The minimum atomic E-state index is -3.73. The van der Waals surface area contributed by atoms with E-state index >= 15 is 0 Å². The van der Waals surface area contributed by atoms with E-state index in [1.807, 2.05) is 0 Å². The number of carbonyl (C=O) groups excluding carboxylic acids is 2. The second-order valence-electron chi connectivity index (χ2n) is 7.09. The molecule has 0 radical (unpaired) electrons. The summed E-state index contributed by atoms with van der Waals surface area (Å²) in [7, 11) is -3.73. The Morgan fingerprint density at radius 1 is 1.03 bits per heavy atom. The van der Waals surface area contributed by atoms with Gasteiger partial charge in [0.15, 0.2) is 6.61 Å². The van der Waals surface area contributed by atoms with Gasteiger partial charge in [-0.05, 0) is 48.7 Å². The maximum absolute atomic E-state index is 12.8. The summed E-state index contributed by atoms with van der Waals surface area (Å²) in [5.74, 6) is -1.39. The molecule has 0 aromatic heterocycles. The zero-order valence-corrected chi connectivity index (χ0v) is 19.0. The molecule has 1 aliphatic rings. The summed E-state index contributed by atoms with van der Waals surface area (Å²) in [4.78, 5) is 24.4. The fourth-order valence-corrected chi connectivity index (χ4v) is 5.13. The van der Waals surface area contributed by atoms with Gasteiger partial charge in [0, 0.05) is 24.7 Å². The number of benzene rings is 2. The zero-order chi connectivity index (χ0) is 22.4. The average Bonchev–Trinajstić information content (AvgIpc) is 2.77. The van der Waals surface area contributed by atoms with Crippen LogP contribution >= 0.6 is 23.2 Å². The SMILES string of the molecule is O=C(COC(=O)c1cc(S(=O)(=O)N2CCCCC2)ccc1Cl)NCc1cccc(Cl)c1. The first-order valence-corrected chi connectivity index (χ1v) is 11.9. The standard InChI is InChI=1S/C21H22Cl2N2O5S/c22-16-6-4-5-15(11-16)13-24-20(26)14-30-21(27)18-12-17(7-8-19(18)23)31(28,29)25-9-2-1-3-10-25/h4-8,11-12H,1-3,9-10,13-14H2,(H,24,26). The summed E-state index contributed by atoms with van der Waals surface area (Å²) in [5.41, 5.74) is 0.688. The molecule has 1 saturated heterocycles. The van der Waals surface area contributed by atoms with Crippen molar-refractivity contribution in [1.29, 1.82) is 0 Å². The van der Waals surface area contributed by atoms with Gasteiger partial charge in [-0.2, -0.15) is 4.31 Å². The molecule has 7 nitrogen and oxygen atoms in total. The number of nitrogens with zero attached hydrogens (tertiary/aromatic N) is 1. The first-order valence-electron chi connectivity index (χ1n) is 9.75. The van der Waals surface area contributed by atoms with E-state index in [-0.39, 0.29) is 22.0 Å². The molecule has 1 aliphatic heterocycles. The molecule has 1 N–H and O–H groups in total. The Morgan fingerprint density at radius 2 is 1.77 bits per heavy atom. The van der Waals surface area contributed by atoms with E-state index in [1.54, 1.807) is 24.3 Å². The molecule has 0 spiro atoms. The van der Waals surface area contributed by atoms with Gasteiger partial charge in [0.05, 0.1) is 15.5 Å². The van der Waals surface area contributed by atoms with E-state index in [2.05, 4.69) is 5.32 Å². The zero-order valence-electron chi connectivity index (χ0n) is 16.6. The van der Waals surface area contributed by atoms with Gasteiger partial charge in [-0.15, -0.1) is 0 Å². The molecule has 1 fully saturated rings. The van der Waals surface area contributed by atoms with Crippen LogP contribution in [0.25, 0.3) is 0 Å². The van der Waals surface area contributed by atoms with Crippen LogP contribution in [0.1, 0.15) is 35.2 Å². The number of amides is 1. The lowest BCUT2D eigenvalue weighted by atomic mass is 10.2. The highest BCUT2D eigenvalue weighted by Crippen LogP contribution is 2.25. The van der Waals surface area contributed by atoms with Gasteiger partial charge in [0.1, 0.15) is 0 Å². The van der Waals surface area contributed by atoms with Crippen molar-refractivity contribution in [2.75, 3.05) is 19.7 Å². The second-order valence-corrected chi connectivity index (χ2v) is 9.87. The number of halogens is 2. The minimum Gasteiger partial charge on any atom is -0.452 e. The molecule has 0 saturated carbocycles. The molecule has 31 heavy (non-hydrogen) atoms. The third-order valence-corrected chi connectivity index (χ3v) is 7.28. The number of hydrogen-bond acceptors (Lipinski definition) is 5. The molecular formula is C21H22Cl2N2O5S. The van der Waals surface area contributed by atoms with Crippen molar-refractivity contribution in [3.63, 3.8) is 0 Å². The summed E-state index contributed by atoms with van der Waals surface area (Å²) in [6.45, 7) is 0.579. The first-order chi connectivity index (χ1) is 14.8. The Bertz CT molecular complexity index is 1070. The third kappa shape index (κ3) is 6.20. The van der Waals surface area contributed by atoms with Crippen molar-refractivity contribution in [1.82, 2.24) is 9.62 Å². The first kappa shape index (κ1) is 23.5. The number of carbonyl (C=O) groups is 2. The Balaban J connectivity index is 1.62. The number of esters is 1. The van der Waals surface area contributed by atoms with E-state index in [0.29, 0.717) is 18.1 Å². The maximum Gasteiger partial charge on any atom is 0.340 e. The van der Waals surface area contributed by atoms with Gasteiger partial charge in [0.2, 0.25) is 10.0 Å². The van der Waals surface area contributed by atoms with Crippen molar-refractivity contribution in [2.24, 2.45) is 0 Å². The normalized spacial score (nSPS) is 14.8. The molecule has 10 heteroatoms. The van der Waals surface area contributed by atoms with Gasteiger partial charge in [-0.25, -0.2) is 13.2 Å². The average molecular weight is 485 g/mol. The highest BCUT2D eigenvalue weighted by atomic mass is 35.5. The van der Waals surface area contributed by atoms with Gasteiger partial charge in [-0.1, -0.05) is 41.8 Å². The summed E-state index contributed by atoms with van der Waals surface area (Å²) in [6, 6.07) is 10.9. The molecule has 0 aliphatic carbocycles. The number of nitrogens with one attached hydrogen (secondary N) is 1. The van der Waals surface area contributed by atoms with Crippen LogP contribution in [0.4, 0.5) is 0 Å². The Kier molecular flexibility index (Phi) is 7.94. The Hall–Kier alpha value is -2.13. The van der Waals surface area contributed by atoms with Crippen LogP contribution in [0.5, 0.6) is 0 Å². The maximum atomic E-state index is 12.8. The van der Waals surface area contributed by atoms with Crippen LogP contribution in [0.2, 0.25) is 10.0 Å². The number of ether oxygens (including phenoxy) is 1. The third-order valence-electron chi connectivity index (χ3n) is 4.82. The molecular weight excluding hydrogens is 463 g/mol. The van der Waals surface area contributed by atoms with Crippen molar-refractivity contribution in [3.05, 3.63) is 63.6 Å². The molecule has 0 unspecified atom stereocenters. The highest BCUT2D eigenvalue weighted by Gasteiger charge is 2.27. The lowest BCUT2D eigenvalue weighted by Crippen LogP contribution is -2.35. The Labute approximate surface area is 191 Å². The van der Waals surface area contributed by atoms with Gasteiger partial charge in [-0.3, -0.25) is 4.79 Å². The van der Waals surface area contributed by atoms with Gasteiger partial charge < -0.3 is 10.1 Å². The van der Waals surface area contributed by atoms with Crippen molar-refractivity contribution in [3.8, 4) is 0 Å². The number of sulfonamides is 1. The Morgan fingerprint density at radius 3 is 2.48 bits per heavy atom. The van der Waals surface area contributed by atoms with E-state index in [9.17, 15) is 18.0 Å². The highest BCUT2D eigenvalue weighted by molar-refractivity contribution is 7.89. The van der Waals surface area contributed by atoms with Crippen LogP contribution in [0.3, 0.4) is 0 Å². The van der Waals surface area contributed by atoms with E-state index in [4.69, 9.17) is 27.9 Å². The summed E-state index contributed by atoms with van der Waals surface area (Å²) in [6.07, 6.45) is 2.58. The minimum absolute atomic E-state index is 0.0313. The van der Waals surface area contributed by atoms with E-state index < -0.39 is 28.5 Å². The number of piperidine rings is 1. The van der Waals surface area contributed by atoms with Crippen molar-refractivity contribution < 1.29 is 22.7 Å². The fourth-order valence-electron chi connectivity index (χ4n) is 3.18. The number of rotatable bonds is 7. The van der Waals surface area contributed by atoms with Crippen LogP contribution in [-0.4, -0.2) is 44.3 Å². The summed E-state index contributed by atoms with van der Waals surface area (Å²) >= 11 is 12.0. The molecule has 3 rings (SSSR count). The smallest absolute Gasteiger partial charge is 0.340 e. The lowest BCUT2D eigenvalue weighted by Gasteiger charge is -2.26. The van der Waals surface area contributed by atoms with E-state index in [1.165, 1.54) is 22.5 Å². The molecule has 2 aromatic rings. The second kappa shape index (κ2) is 10.5. The van der Waals surface area contributed by atoms with Crippen LogP contribution in [0, 0.1) is 0 Å². The largest absolute Gasteiger partial charge is 0.452 e. The molecule has 1 amide bonds. The monoisotopic (exact) mass is 484 g/mol. The van der Waals surface area contributed by atoms with Crippen molar-refractivity contribution >= 4 is 45.1 Å². The predicted molar refractivity (Wildman–Crippen MR) is 118 cm³/mol.